The zero-order chi connectivity index (χ0) is 15.7. The molecule has 2 N–H and O–H groups in total. The van der Waals surface area contributed by atoms with Gasteiger partial charge in [0, 0.05) is 6.04 Å². The quantitative estimate of drug-likeness (QED) is 0.849. The lowest BCUT2D eigenvalue weighted by Crippen LogP contribution is -2.43. The highest BCUT2D eigenvalue weighted by Gasteiger charge is 2.39. The van der Waals surface area contributed by atoms with Crippen molar-refractivity contribution in [1.29, 1.82) is 0 Å². The molecule has 0 aromatic heterocycles. The van der Waals surface area contributed by atoms with Crippen molar-refractivity contribution in [1.82, 2.24) is 10.0 Å². The van der Waals surface area contributed by atoms with E-state index in [2.05, 4.69) is 10.0 Å². The van der Waals surface area contributed by atoms with Crippen LogP contribution in [0, 0.1) is 0 Å². The number of hydrogen-bond donors (Lipinski definition) is 2. The largest absolute Gasteiger partial charge is 0.417 e. The summed E-state index contributed by atoms with van der Waals surface area (Å²) in [5, 5.41) is 2.61. The standard InChI is InChI=1S/C12H14ClF3N2O2S.ClH/c13-10-3-1-2-9(12(14,15)16)11(10)21(19,20)18-8-4-6-17-7-5-8;/h1-3,8,17-18H,4-7H2;1H. The molecule has 0 radical (unpaired) electrons. The van der Waals surface area contributed by atoms with Crippen molar-refractivity contribution in [3.05, 3.63) is 28.8 Å². The number of sulfonamides is 1. The molecule has 0 bridgehead atoms. The van der Waals surface area contributed by atoms with Crippen LogP contribution in [0.3, 0.4) is 0 Å². The third kappa shape index (κ3) is 4.48. The fourth-order valence-corrected chi connectivity index (χ4v) is 4.29. The summed E-state index contributed by atoms with van der Waals surface area (Å²) in [6.45, 7) is 1.23. The first-order chi connectivity index (χ1) is 9.72. The molecule has 2 rings (SSSR count). The molecule has 0 aliphatic carbocycles. The molecule has 0 saturated carbocycles. The van der Waals surface area contributed by atoms with Gasteiger partial charge in [-0.25, -0.2) is 13.1 Å². The number of benzene rings is 1. The molecule has 0 unspecified atom stereocenters. The summed E-state index contributed by atoms with van der Waals surface area (Å²) in [6, 6.07) is 2.53. The summed E-state index contributed by atoms with van der Waals surface area (Å²) in [7, 11) is -4.33. The Balaban J connectivity index is 0.00000242. The molecule has 22 heavy (non-hydrogen) atoms. The molecule has 1 heterocycles. The van der Waals surface area contributed by atoms with Gasteiger partial charge in [-0.2, -0.15) is 13.2 Å². The lowest BCUT2D eigenvalue weighted by molar-refractivity contribution is -0.139. The van der Waals surface area contributed by atoms with Gasteiger partial charge >= 0.3 is 6.18 Å². The van der Waals surface area contributed by atoms with Crippen LogP contribution in [-0.2, 0) is 16.2 Å². The molecule has 1 saturated heterocycles. The summed E-state index contributed by atoms with van der Waals surface area (Å²) >= 11 is 5.71. The highest BCUT2D eigenvalue weighted by molar-refractivity contribution is 7.89. The fraction of sp³-hybridized carbons (Fsp3) is 0.500. The van der Waals surface area contributed by atoms with E-state index in [1.54, 1.807) is 0 Å². The third-order valence-corrected chi connectivity index (χ3v) is 5.25. The van der Waals surface area contributed by atoms with Gasteiger partial charge in [-0.3, -0.25) is 0 Å². The predicted molar refractivity (Wildman–Crippen MR) is 79.9 cm³/mol. The van der Waals surface area contributed by atoms with Crippen molar-refractivity contribution in [2.45, 2.75) is 30.0 Å². The molecular formula is C12H15Cl2F3N2O2S. The maximum atomic E-state index is 13.0. The second-order valence-corrected chi connectivity index (χ2v) is 6.82. The first kappa shape index (κ1) is 19.5. The van der Waals surface area contributed by atoms with Crippen molar-refractivity contribution < 1.29 is 21.6 Å². The minimum Gasteiger partial charge on any atom is -0.317 e. The van der Waals surface area contributed by atoms with E-state index in [4.69, 9.17) is 11.6 Å². The number of nitrogens with one attached hydrogen (secondary N) is 2. The molecule has 4 nitrogen and oxygen atoms in total. The first-order valence-corrected chi connectivity index (χ1v) is 8.16. The Morgan fingerprint density at radius 1 is 1.23 bits per heavy atom. The van der Waals surface area contributed by atoms with Crippen LogP contribution < -0.4 is 10.0 Å². The Kier molecular flexibility index (Phi) is 6.52. The molecule has 0 spiro atoms. The maximum Gasteiger partial charge on any atom is 0.417 e. The summed E-state index contributed by atoms with van der Waals surface area (Å²) in [4.78, 5) is -0.905. The predicted octanol–water partition coefficient (Wildman–Crippen LogP) is 2.81. The van der Waals surface area contributed by atoms with Crippen LogP contribution in [0.1, 0.15) is 18.4 Å². The Bertz CT molecular complexity index is 617. The molecule has 1 fully saturated rings. The topological polar surface area (TPSA) is 58.2 Å². The van der Waals surface area contributed by atoms with Crippen LogP contribution >= 0.6 is 24.0 Å². The average molecular weight is 379 g/mol. The number of piperidine rings is 1. The lowest BCUT2D eigenvalue weighted by atomic mass is 10.1. The first-order valence-electron chi connectivity index (χ1n) is 6.30. The highest BCUT2D eigenvalue weighted by atomic mass is 35.5. The van der Waals surface area contributed by atoms with Crippen molar-refractivity contribution in [2.24, 2.45) is 0 Å². The van der Waals surface area contributed by atoms with E-state index in [-0.39, 0.29) is 12.4 Å². The van der Waals surface area contributed by atoms with Gasteiger partial charge in [0.25, 0.3) is 0 Å². The van der Waals surface area contributed by atoms with E-state index in [0.29, 0.717) is 32.0 Å². The Hall–Kier alpha value is -0.540. The van der Waals surface area contributed by atoms with Crippen molar-refractivity contribution in [3.63, 3.8) is 0 Å². The van der Waals surface area contributed by atoms with E-state index in [1.807, 2.05) is 0 Å². The molecule has 10 heteroatoms. The van der Waals surface area contributed by atoms with Gasteiger partial charge in [0.1, 0.15) is 4.90 Å². The van der Waals surface area contributed by atoms with Crippen LogP contribution in [0.2, 0.25) is 5.02 Å². The summed E-state index contributed by atoms with van der Waals surface area (Å²) < 4.78 is 65.8. The van der Waals surface area contributed by atoms with Gasteiger partial charge in [-0.1, -0.05) is 17.7 Å². The monoisotopic (exact) mass is 378 g/mol. The van der Waals surface area contributed by atoms with Crippen LogP contribution in [0.15, 0.2) is 23.1 Å². The number of alkyl halides is 3. The van der Waals surface area contributed by atoms with Gasteiger partial charge in [-0.15, -0.1) is 12.4 Å². The van der Waals surface area contributed by atoms with Crippen LogP contribution in [0.25, 0.3) is 0 Å². The Morgan fingerprint density at radius 3 is 2.36 bits per heavy atom. The minimum absolute atomic E-state index is 0. The van der Waals surface area contributed by atoms with Crippen molar-refractivity contribution >= 4 is 34.0 Å². The van der Waals surface area contributed by atoms with Gasteiger partial charge in [0.15, 0.2) is 0 Å². The molecule has 1 aromatic rings. The molecule has 0 amide bonds. The molecular weight excluding hydrogens is 364 g/mol. The van der Waals surface area contributed by atoms with Crippen molar-refractivity contribution in [3.8, 4) is 0 Å². The van der Waals surface area contributed by atoms with E-state index in [0.717, 1.165) is 12.1 Å². The minimum atomic E-state index is -4.79. The second kappa shape index (κ2) is 7.35. The third-order valence-electron chi connectivity index (χ3n) is 3.20. The van der Waals surface area contributed by atoms with Crippen LogP contribution in [-0.4, -0.2) is 27.5 Å². The van der Waals surface area contributed by atoms with Gasteiger partial charge in [0.2, 0.25) is 10.0 Å². The molecule has 1 aromatic carbocycles. The van der Waals surface area contributed by atoms with Crippen molar-refractivity contribution in [2.75, 3.05) is 13.1 Å². The summed E-state index contributed by atoms with van der Waals surface area (Å²) in [6.07, 6.45) is -3.75. The Morgan fingerprint density at radius 2 is 1.82 bits per heavy atom. The molecule has 0 atom stereocenters. The molecule has 126 valence electrons. The van der Waals surface area contributed by atoms with E-state index < -0.39 is 37.7 Å². The lowest BCUT2D eigenvalue weighted by Gasteiger charge is -2.24. The maximum absolute atomic E-state index is 13.0. The SMILES string of the molecule is Cl.O=S(=O)(NC1CCNCC1)c1c(Cl)cccc1C(F)(F)F. The van der Waals surface area contributed by atoms with Gasteiger partial charge in [0.05, 0.1) is 10.6 Å². The van der Waals surface area contributed by atoms with Crippen LogP contribution in [0.4, 0.5) is 13.2 Å². The normalized spacial score (nSPS) is 17.1. The zero-order valence-electron chi connectivity index (χ0n) is 11.3. The van der Waals surface area contributed by atoms with Gasteiger partial charge in [-0.05, 0) is 38.1 Å². The van der Waals surface area contributed by atoms with E-state index >= 15 is 0 Å². The van der Waals surface area contributed by atoms with E-state index in [1.165, 1.54) is 0 Å². The van der Waals surface area contributed by atoms with E-state index in [9.17, 15) is 21.6 Å². The number of rotatable bonds is 3. The molecule has 1 aliphatic heterocycles. The van der Waals surface area contributed by atoms with Crippen LogP contribution in [0.5, 0.6) is 0 Å². The molecule has 1 aliphatic rings. The average Bonchev–Trinajstić information content (AvgIpc) is 2.37. The second-order valence-electron chi connectivity index (χ2n) is 4.76. The zero-order valence-corrected chi connectivity index (χ0v) is 13.7. The number of halogens is 5. The summed E-state index contributed by atoms with van der Waals surface area (Å²) in [5.74, 6) is 0. The highest BCUT2D eigenvalue weighted by Crippen LogP contribution is 2.37. The van der Waals surface area contributed by atoms with Gasteiger partial charge < -0.3 is 5.32 Å². The summed E-state index contributed by atoms with van der Waals surface area (Å²) in [5.41, 5.74) is -1.25. The fourth-order valence-electron chi connectivity index (χ4n) is 2.22. The Labute approximate surface area is 137 Å². The smallest absolute Gasteiger partial charge is 0.317 e. The number of hydrogen-bond acceptors (Lipinski definition) is 3.